The predicted molar refractivity (Wildman–Crippen MR) is 67.9 cm³/mol. The SMILES string of the molecule is Cc1ccc(-c2cccc3c(C)nnn23)cc1. The minimum atomic E-state index is 0.957. The lowest BCUT2D eigenvalue weighted by molar-refractivity contribution is 0.855. The zero-order valence-electron chi connectivity index (χ0n) is 9.88. The molecule has 0 bridgehead atoms. The first-order valence-electron chi connectivity index (χ1n) is 5.64. The molecule has 17 heavy (non-hydrogen) atoms. The summed E-state index contributed by atoms with van der Waals surface area (Å²) in [5, 5.41) is 8.30. The van der Waals surface area contributed by atoms with Crippen molar-refractivity contribution in [3.8, 4) is 11.3 Å². The van der Waals surface area contributed by atoms with Crippen LogP contribution in [0.5, 0.6) is 0 Å². The molecule has 1 aromatic carbocycles. The van der Waals surface area contributed by atoms with E-state index in [1.165, 1.54) is 5.56 Å². The lowest BCUT2D eigenvalue weighted by atomic mass is 10.1. The standard InChI is InChI=1S/C14H13N3/c1-10-6-8-12(9-7-10)14-5-3-4-13-11(2)15-16-17(13)14/h3-9H,1-2H3. The van der Waals surface area contributed by atoms with Gasteiger partial charge in [0.2, 0.25) is 0 Å². The third-order valence-electron chi connectivity index (χ3n) is 2.97. The van der Waals surface area contributed by atoms with Crippen molar-refractivity contribution in [1.29, 1.82) is 0 Å². The predicted octanol–water partition coefficient (Wildman–Crippen LogP) is 3.01. The Morgan fingerprint density at radius 1 is 0.941 bits per heavy atom. The molecule has 0 aliphatic carbocycles. The number of benzene rings is 1. The van der Waals surface area contributed by atoms with Crippen LogP contribution in [-0.2, 0) is 0 Å². The van der Waals surface area contributed by atoms with Gasteiger partial charge in [-0.2, -0.15) is 0 Å². The minimum Gasteiger partial charge on any atom is -0.213 e. The second-order valence-electron chi connectivity index (χ2n) is 4.25. The highest BCUT2D eigenvalue weighted by Crippen LogP contribution is 2.21. The van der Waals surface area contributed by atoms with Crippen LogP contribution >= 0.6 is 0 Å². The van der Waals surface area contributed by atoms with Crippen molar-refractivity contribution in [2.24, 2.45) is 0 Å². The molecule has 3 heteroatoms. The molecule has 0 aliphatic rings. The first-order chi connectivity index (χ1) is 8.25. The van der Waals surface area contributed by atoms with E-state index in [2.05, 4.69) is 47.6 Å². The van der Waals surface area contributed by atoms with Crippen LogP contribution in [-0.4, -0.2) is 14.8 Å². The van der Waals surface area contributed by atoms with E-state index in [0.717, 1.165) is 22.5 Å². The van der Waals surface area contributed by atoms with E-state index >= 15 is 0 Å². The first kappa shape index (κ1) is 10.0. The molecule has 0 aliphatic heterocycles. The molecule has 0 radical (unpaired) electrons. The number of pyridine rings is 1. The van der Waals surface area contributed by atoms with Gasteiger partial charge in [0, 0.05) is 5.56 Å². The molecule has 0 amide bonds. The summed E-state index contributed by atoms with van der Waals surface area (Å²) < 4.78 is 1.89. The second-order valence-corrected chi connectivity index (χ2v) is 4.25. The van der Waals surface area contributed by atoms with Crippen LogP contribution in [0.4, 0.5) is 0 Å². The normalized spacial score (nSPS) is 10.9. The number of aryl methyl sites for hydroxylation is 2. The maximum Gasteiger partial charge on any atom is 0.0901 e. The quantitative estimate of drug-likeness (QED) is 0.634. The van der Waals surface area contributed by atoms with Crippen molar-refractivity contribution in [3.63, 3.8) is 0 Å². The highest BCUT2D eigenvalue weighted by Gasteiger charge is 2.06. The monoisotopic (exact) mass is 223 g/mol. The van der Waals surface area contributed by atoms with Crippen molar-refractivity contribution in [2.45, 2.75) is 13.8 Å². The van der Waals surface area contributed by atoms with Crippen molar-refractivity contribution in [2.75, 3.05) is 0 Å². The van der Waals surface area contributed by atoms with E-state index in [4.69, 9.17) is 0 Å². The van der Waals surface area contributed by atoms with Gasteiger partial charge in [0.1, 0.15) is 0 Å². The Hall–Kier alpha value is -2.16. The van der Waals surface area contributed by atoms with E-state index in [1.54, 1.807) is 0 Å². The molecule has 3 aromatic rings. The third kappa shape index (κ3) is 1.60. The molecule has 0 saturated heterocycles. The molecular weight excluding hydrogens is 210 g/mol. The fraction of sp³-hybridized carbons (Fsp3) is 0.143. The highest BCUT2D eigenvalue weighted by atomic mass is 15.4. The zero-order chi connectivity index (χ0) is 11.8. The van der Waals surface area contributed by atoms with Gasteiger partial charge in [-0.15, -0.1) is 5.10 Å². The Morgan fingerprint density at radius 2 is 1.71 bits per heavy atom. The van der Waals surface area contributed by atoms with Gasteiger partial charge in [0.15, 0.2) is 0 Å². The van der Waals surface area contributed by atoms with Crippen LogP contribution in [0.2, 0.25) is 0 Å². The van der Waals surface area contributed by atoms with Gasteiger partial charge in [-0.05, 0) is 26.0 Å². The molecule has 2 aromatic heterocycles. The zero-order valence-corrected chi connectivity index (χ0v) is 9.88. The molecule has 84 valence electrons. The molecule has 2 heterocycles. The number of nitrogens with zero attached hydrogens (tertiary/aromatic N) is 3. The average molecular weight is 223 g/mol. The van der Waals surface area contributed by atoms with Crippen molar-refractivity contribution in [1.82, 2.24) is 14.8 Å². The third-order valence-corrected chi connectivity index (χ3v) is 2.97. The maximum absolute atomic E-state index is 4.18. The molecule has 0 unspecified atom stereocenters. The van der Waals surface area contributed by atoms with E-state index in [9.17, 15) is 0 Å². The summed E-state index contributed by atoms with van der Waals surface area (Å²) in [6.07, 6.45) is 0. The number of rotatable bonds is 1. The molecule has 3 rings (SSSR count). The molecule has 0 spiro atoms. The second kappa shape index (κ2) is 3.70. The van der Waals surface area contributed by atoms with E-state index in [0.29, 0.717) is 0 Å². The van der Waals surface area contributed by atoms with Crippen molar-refractivity contribution >= 4 is 5.52 Å². The van der Waals surface area contributed by atoms with Crippen LogP contribution in [0.15, 0.2) is 42.5 Å². The number of hydrogen-bond donors (Lipinski definition) is 0. The number of aromatic nitrogens is 3. The summed E-state index contributed by atoms with van der Waals surface area (Å²) in [5.74, 6) is 0. The van der Waals surface area contributed by atoms with Gasteiger partial charge in [-0.1, -0.05) is 41.1 Å². The molecular formula is C14H13N3. The number of hydrogen-bond acceptors (Lipinski definition) is 2. The Bertz CT molecular complexity index is 666. The van der Waals surface area contributed by atoms with Gasteiger partial charge in [0.05, 0.1) is 16.9 Å². The lowest BCUT2D eigenvalue weighted by Gasteiger charge is -2.04. The smallest absolute Gasteiger partial charge is 0.0901 e. The molecule has 0 fully saturated rings. The fourth-order valence-electron chi connectivity index (χ4n) is 1.98. The van der Waals surface area contributed by atoms with Crippen LogP contribution in [0.1, 0.15) is 11.3 Å². The van der Waals surface area contributed by atoms with Crippen LogP contribution in [0, 0.1) is 13.8 Å². The Balaban J connectivity index is 2.26. The maximum atomic E-state index is 4.18. The van der Waals surface area contributed by atoms with Gasteiger partial charge in [0.25, 0.3) is 0 Å². The average Bonchev–Trinajstić information content (AvgIpc) is 2.73. The summed E-state index contributed by atoms with van der Waals surface area (Å²) in [6.45, 7) is 4.06. The minimum absolute atomic E-state index is 0.957. The van der Waals surface area contributed by atoms with Crippen LogP contribution in [0.3, 0.4) is 0 Å². The lowest BCUT2D eigenvalue weighted by Crippen LogP contribution is -1.93. The first-order valence-corrected chi connectivity index (χ1v) is 5.64. The number of fused-ring (bicyclic) bond motifs is 1. The topological polar surface area (TPSA) is 30.2 Å². The van der Waals surface area contributed by atoms with Gasteiger partial charge in [-0.3, -0.25) is 0 Å². The van der Waals surface area contributed by atoms with Crippen molar-refractivity contribution < 1.29 is 0 Å². The summed E-state index contributed by atoms with van der Waals surface area (Å²) in [4.78, 5) is 0. The van der Waals surface area contributed by atoms with E-state index in [1.807, 2.05) is 23.6 Å². The summed E-state index contributed by atoms with van der Waals surface area (Å²) in [6, 6.07) is 14.6. The summed E-state index contributed by atoms with van der Waals surface area (Å²) in [7, 11) is 0. The molecule has 3 nitrogen and oxygen atoms in total. The summed E-state index contributed by atoms with van der Waals surface area (Å²) >= 11 is 0. The van der Waals surface area contributed by atoms with Crippen LogP contribution < -0.4 is 0 Å². The molecule has 0 atom stereocenters. The molecule has 0 N–H and O–H groups in total. The van der Waals surface area contributed by atoms with Gasteiger partial charge in [-0.25, -0.2) is 4.52 Å². The highest BCUT2D eigenvalue weighted by molar-refractivity contribution is 5.65. The van der Waals surface area contributed by atoms with Gasteiger partial charge >= 0.3 is 0 Å². The molecule has 0 saturated carbocycles. The Kier molecular flexibility index (Phi) is 2.18. The van der Waals surface area contributed by atoms with Crippen LogP contribution in [0.25, 0.3) is 16.8 Å². The largest absolute Gasteiger partial charge is 0.213 e. The van der Waals surface area contributed by atoms with Gasteiger partial charge < -0.3 is 0 Å². The van der Waals surface area contributed by atoms with E-state index in [-0.39, 0.29) is 0 Å². The van der Waals surface area contributed by atoms with Crippen molar-refractivity contribution in [3.05, 3.63) is 53.7 Å². The fourth-order valence-corrected chi connectivity index (χ4v) is 1.98. The van der Waals surface area contributed by atoms with E-state index < -0.39 is 0 Å². The Morgan fingerprint density at radius 3 is 2.47 bits per heavy atom. The summed E-state index contributed by atoms with van der Waals surface area (Å²) in [5.41, 5.74) is 5.51. The Labute approximate surface area is 99.7 Å².